The van der Waals surface area contributed by atoms with Crippen LogP contribution in [0.2, 0.25) is 0 Å². The number of fused-ring (bicyclic) bond motifs is 1. The second-order valence-corrected chi connectivity index (χ2v) is 5.88. The van der Waals surface area contributed by atoms with Crippen molar-refractivity contribution in [1.29, 1.82) is 0 Å². The van der Waals surface area contributed by atoms with Crippen molar-refractivity contribution in [2.75, 3.05) is 6.61 Å². The molecule has 2 rings (SSSR count). The quantitative estimate of drug-likeness (QED) is 0.665. The molecule has 0 fully saturated rings. The third kappa shape index (κ3) is 2.60. The van der Waals surface area contributed by atoms with Gasteiger partial charge in [0.1, 0.15) is 11.7 Å². The van der Waals surface area contributed by atoms with Crippen LogP contribution in [0.3, 0.4) is 0 Å². The lowest BCUT2D eigenvalue weighted by atomic mass is 9.92. The largest absolute Gasteiger partial charge is 0.470 e. The van der Waals surface area contributed by atoms with Crippen LogP contribution < -0.4 is 4.74 Å². The molecule has 0 saturated carbocycles. The van der Waals surface area contributed by atoms with E-state index in [2.05, 4.69) is 20.9 Å². The second-order valence-electron chi connectivity index (χ2n) is 4.89. The molecule has 2 atom stereocenters. The lowest BCUT2D eigenvalue weighted by Gasteiger charge is -2.39. The number of aliphatic hydroxyl groups excluding tert-OH is 1. The zero-order valence-corrected chi connectivity index (χ0v) is 12.6. The maximum absolute atomic E-state index is 11.6. The van der Waals surface area contributed by atoms with Gasteiger partial charge in [-0.2, -0.15) is 0 Å². The highest BCUT2D eigenvalue weighted by Gasteiger charge is 2.42. The minimum atomic E-state index is -0.791. The van der Waals surface area contributed by atoms with E-state index in [1.54, 1.807) is 13.0 Å². The van der Waals surface area contributed by atoms with E-state index in [9.17, 15) is 9.90 Å². The van der Waals surface area contributed by atoms with Crippen molar-refractivity contribution in [3.05, 3.63) is 23.4 Å². The topological polar surface area (TPSA) is 68.7 Å². The SMILES string of the molecule is CCOC(=O)c1cnc2c(c1)[C@@H](O)[C@H](Br)C(C)(C)O2. The van der Waals surface area contributed by atoms with Gasteiger partial charge >= 0.3 is 5.97 Å². The average molecular weight is 330 g/mol. The summed E-state index contributed by atoms with van der Waals surface area (Å²) in [6.45, 7) is 5.75. The number of carbonyl (C=O) groups excluding carboxylic acids is 1. The molecule has 104 valence electrons. The van der Waals surface area contributed by atoms with Crippen LogP contribution in [0.5, 0.6) is 5.88 Å². The molecule has 1 aromatic heterocycles. The second kappa shape index (κ2) is 5.09. The Kier molecular flexibility index (Phi) is 3.82. The predicted octanol–water partition coefficient (Wildman–Crippen LogP) is 2.23. The van der Waals surface area contributed by atoms with Crippen molar-refractivity contribution in [3.63, 3.8) is 0 Å². The number of esters is 1. The Morgan fingerprint density at radius 2 is 2.32 bits per heavy atom. The third-order valence-electron chi connectivity index (χ3n) is 3.01. The zero-order valence-electron chi connectivity index (χ0n) is 11.0. The van der Waals surface area contributed by atoms with Crippen LogP contribution in [0, 0.1) is 0 Å². The van der Waals surface area contributed by atoms with Gasteiger partial charge in [-0.1, -0.05) is 15.9 Å². The van der Waals surface area contributed by atoms with Gasteiger partial charge in [0.05, 0.1) is 17.0 Å². The van der Waals surface area contributed by atoms with Gasteiger partial charge in [0.2, 0.25) is 5.88 Å². The molecule has 0 bridgehead atoms. The number of carbonyl (C=O) groups is 1. The van der Waals surface area contributed by atoms with Gasteiger partial charge in [0.15, 0.2) is 0 Å². The van der Waals surface area contributed by atoms with Crippen LogP contribution in [0.1, 0.15) is 42.8 Å². The average Bonchev–Trinajstić information content (AvgIpc) is 2.36. The smallest absolute Gasteiger partial charge is 0.339 e. The van der Waals surface area contributed by atoms with Crippen LogP contribution in [0.15, 0.2) is 12.3 Å². The van der Waals surface area contributed by atoms with E-state index in [1.807, 2.05) is 13.8 Å². The van der Waals surface area contributed by atoms with Gasteiger partial charge in [-0.3, -0.25) is 0 Å². The summed E-state index contributed by atoms with van der Waals surface area (Å²) < 4.78 is 10.6. The van der Waals surface area contributed by atoms with Crippen LogP contribution >= 0.6 is 15.9 Å². The van der Waals surface area contributed by atoms with Crippen LogP contribution in [0.25, 0.3) is 0 Å². The lowest BCUT2D eigenvalue weighted by Crippen LogP contribution is -2.45. The van der Waals surface area contributed by atoms with E-state index < -0.39 is 17.7 Å². The number of alkyl halides is 1. The van der Waals surface area contributed by atoms with E-state index in [0.29, 0.717) is 23.6 Å². The first kappa shape index (κ1) is 14.3. The predicted molar refractivity (Wildman–Crippen MR) is 72.6 cm³/mol. The number of hydrogen-bond donors (Lipinski definition) is 1. The van der Waals surface area contributed by atoms with Gasteiger partial charge < -0.3 is 14.6 Å². The summed E-state index contributed by atoms with van der Waals surface area (Å²) in [5.41, 5.74) is 0.222. The summed E-state index contributed by atoms with van der Waals surface area (Å²) in [4.78, 5) is 15.5. The molecule has 6 heteroatoms. The molecule has 1 aromatic rings. The van der Waals surface area contributed by atoms with E-state index in [4.69, 9.17) is 9.47 Å². The molecule has 0 amide bonds. The van der Waals surface area contributed by atoms with Crippen molar-refractivity contribution in [1.82, 2.24) is 4.98 Å². The minimum absolute atomic E-state index is 0.285. The Bertz CT molecular complexity index is 503. The molecule has 0 aliphatic carbocycles. The molecule has 1 aliphatic heterocycles. The fourth-order valence-corrected chi connectivity index (χ4v) is 2.31. The molecular formula is C13H16BrNO4. The molecule has 1 N–H and O–H groups in total. The monoisotopic (exact) mass is 329 g/mol. The Hall–Kier alpha value is -1.14. The Balaban J connectivity index is 2.39. The number of aromatic nitrogens is 1. The maximum atomic E-state index is 11.6. The van der Waals surface area contributed by atoms with Crippen molar-refractivity contribution in [2.45, 2.75) is 37.3 Å². The summed E-state index contributed by atoms with van der Waals surface area (Å²) in [5.74, 6) is -0.109. The van der Waals surface area contributed by atoms with Gasteiger partial charge in [-0.15, -0.1) is 0 Å². The van der Waals surface area contributed by atoms with Crippen molar-refractivity contribution >= 4 is 21.9 Å². The molecule has 0 unspecified atom stereocenters. The Morgan fingerprint density at radius 3 is 2.95 bits per heavy atom. The minimum Gasteiger partial charge on any atom is -0.470 e. The van der Waals surface area contributed by atoms with E-state index in [-0.39, 0.29) is 4.83 Å². The summed E-state index contributed by atoms with van der Waals surface area (Å²) in [6, 6.07) is 1.56. The van der Waals surface area contributed by atoms with Crippen molar-refractivity contribution < 1.29 is 19.4 Å². The number of pyridine rings is 1. The number of halogens is 1. The maximum Gasteiger partial charge on any atom is 0.339 e. The third-order valence-corrected chi connectivity index (χ3v) is 4.61. The fourth-order valence-electron chi connectivity index (χ4n) is 1.94. The standard InChI is InChI=1S/C13H16BrNO4/c1-4-18-12(17)7-5-8-9(16)10(14)13(2,3)19-11(8)15-6-7/h5-6,9-10,16H,4H2,1-3H3/t9-,10+/m1/s1. The summed E-state index contributed by atoms with van der Waals surface area (Å²) in [7, 11) is 0. The fraction of sp³-hybridized carbons (Fsp3) is 0.538. The number of hydrogen-bond acceptors (Lipinski definition) is 5. The van der Waals surface area contributed by atoms with Crippen LogP contribution in [0.4, 0.5) is 0 Å². The number of ether oxygens (including phenoxy) is 2. The molecule has 0 aromatic carbocycles. The molecule has 19 heavy (non-hydrogen) atoms. The van der Waals surface area contributed by atoms with Crippen LogP contribution in [-0.4, -0.2) is 33.1 Å². The highest BCUT2D eigenvalue weighted by Crippen LogP contribution is 2.42. The normalized spacial score (nSPS) is 24.3. The lowest BCUT2D eigenvalue weighted by molar-refractivity contribution is 0.0180. The molecule has 5 nitrogen and oxygen atoms in total. The first-order chi connectivity index (χ1) is 8.86. The van der Waals surface area contributed by atoms with Gasteiger partial charge in [-0.05, 0) is 26.8 Å². The molecule has 0 saturated heterocycles. The Labute approximate surface area is 120 Å². The van der Waals surface area contributed by atoms with Crippen LogP contribution in [-0.2, 0) is 4.74 Å². The van der Waals surface area contributed by atoms with Crippen molar-refractivity contribution in [3.8, 4) is 5.88 Å². The van der Waals surface area contributed by atoms with E-state index in [1.165, 1.54) is 6.20 Å². The van der Waals surface area contributed by atoms with E-state index in [0.717, 1.165) is 0 Å². The highest BCUT2D eigenvalue weighted by atomic mass is 79.9. The first-order valence-electron chi connectivity index (χ1n) is 6.05. The van der Waals surface area contributed by atoms with Gasteiger partial charge in [-0.25, -0.2) is 9.78 Å². The molecule has 1 aliphatic rings. The Morgan fingerprint density at radius 1 is 1.63 bits per heavy atom. The number of nitrogens with zero attached hydrogens (tertiary/aromatic N) is 1. The molecule has 0 spiro atoms. The van der Waals surface area contributed by atoms with Gasteiger partial charge in [0.25, 0.3) is 0 Å². The number of rotatable bonds is 2. The summed E-state index contributed by atoms with van der Waals surface area (Å²) in [6.07, 6.45) is 0.606. The zero-order chi connectivity index (χ0) is 14.2. The first-order valence-corrected chi connectivity index (χ1v) is 6.96. The molecular weight excluding hydrogens is 314 g/mol. The highest BCUT2D eigenvalue weighted by molar-refractivity contribution is 9.09. The molecule has 2 heterocycles. The molecule has 0 radical (unpaired) electrons. The summed E-state index contributed by atoms with van der Waals surface area (Å²) in [5, 5.41) is 10.3. The number of aliphatic hydroxyl groups is 1. The summed E-state index contributed by atoms with van der Waals surface area (Å²) >= 11 is 3.42. The van der Waals surface area contributed by atoms with Crippen molar-refractivity contribution in [2.24, 2.45) is 0 Å². The van der Waals surface area contributed by atoms with Gasteiger partial charge in [0, 0.05) is 11.8 Å². The van der Waals surface area contributed by atoms with E-state index >= 15 is 0 Å².